The van der Waals surface area contributed by atoms with Gasteiger partial charge in [-0.15, -0.1) is 0 Å². The van der Waals surface area contributed by atoms with Gasteiger partial charge in [-0.25, -0.2) is 5.48 Å². The van der Waals surface area contributed by atoms with Crippen molar-refractivity contribution in [1.82, 2.24) is 16.1 Å². The van der Waals surface area contributed by atoms with Crippen molar-refractivity contribution in [2.75, 3.05) is 0 Å². The standard InChI is InChI=1S/C32H37N3O4/c1-32(2,3)29(31(38)33-28(24-17-9-5-10-18-24)25-19-11-6-12-20-25)34-30(37)26(22-27(36)35-39)21-13-16-23-14-7-4-8-15-23/h4-20,26,28-29,39H,21-22H2,1-3H3,(H,33,38)(H,34,37)(H,35,36)/b16-13+/t26-,29-/m1/s1. The molecule has 3 amide bonds. The molecule has 39 heavy (non-hydrogen) atoms. The topological polar surface area (TPSA) is 108 Å². The number of benzene rings is 3. The number of amides is 3. The van der Waals surface area contributed by atoms with Gasteiger partial charge < -0.3 is 10.6 Å². The maximum atomic E-state index is 13.7. The Morgan fingerprint density at radius 2 is 1.28 bits per heavy atom. The van der Waals surface area contributed by atoms with E-state index < -0.39 is 35.2 Å². The van der Waals surface area contributed by atoms with Gasteiger partial charge in [0.15, 0.2) is 0 Å². The molecule has 2 atom stereocenters. The quantitative estimate of drug-likeness (QED) is 0.207. The Morgan fingerprint density at radius 3 is 1.77 bits per heavy atom. The zero-order valence-electron chi connectivity index (χ0n) is 22.6. The van der Waals surface area contributed by atoms with Crippen LogP contribution in [-0.4, -0.2) is 29.0 Å². The number of carbonyl (C=O) groups is 3. The molecule has 0 saturated carbocycles. The molecular formula is C32H37N3O4. The number of nitrogens with one attached hydrogen (secondary N) is 3. The predicted molar refractivity (Wildman–Crippen MR) is 152 cm³/mol. The van der Waals surface area contributed by atoms with Crippen molar-refractivity contribution in [2.45, 2.75) is 45.7 Å². The molecule has 7 heteroatoms. The number of hydrogen-bond donors (Lipinski definition) is 4. The lowest BCUT2D eigenvalue weighted by molar-refractivity contribution is -0.137. The summed E-state index contributed by atoms with van der Waals surface area (Å²) in [6.45, 7) is 5.63. The molecule has 4 N–H and O–H groups in total. The number of allylic oxidation sites excluding steroid dienone is 1. The van der Waals surface area contributed by atoms with E-state index >= 15 is 0 Å². The molecule has 7 nitrogen and oxygen atoms in total. The molecule has 0 radical (unpaired) electrons. The maximum absolute atomic E-state index is 13.7. The smallest absolute Gasteiger partial charge is 0.244 e. The lowest BCUT2D eigenvalue weighted by Crippen LogP contribution is -2.55. The zero-order chi connectivity index (χ0) is 28.3. The van der Waals surface area contributed by atoms with Crippen LogP contribution in [0.5, 0.6) is 0 Å². The molecule has 0 aliphatic rings. The normalized spacial score (nSPS) is 13.1. The molecule has 0 aromatic heterocycles. The van der Waals surface area contributed by atoms with Crippen LogP contribution < -0.4 is 16.1 Å². The van der Waals surface area contributed by atoms with Crippen LogP contribution in [0.25, 0.3) is 6.08 Å². The average molecular weight is 528 g/mol. The minimum Gasteiger partial charge on any atom is -0.344 e. The molecule has 3 aromatic rings. The monoisotopic (exact) mass is 527 g/mol. The van der Waals surface area contributed by atoms with Crippen molar-refractivity contribution >= 4 is 23.8 Å². The summed E-state index contributed by atoms with van der Waals surface area (Å²) in [4.78, 5) is 39.2. The van der Waals surface area contributed by atoms with Crippen LogP contribution in [0.4, 0.5) is 0 Å². The first-order valence-corrected chi connectivity index (χ1v) is 13.0. The number of rotatable bonds is 11. The van der Waals surface area contributed by atoms with E-state index in [4.69, 9.17) is 5.21 Å². The van der Waals surface area contributed by atoms with Crippen molar-refractivity contribution in [1.29, 1.82) is 0 Å². The fraction of sp³-hybridized carbons (Fsp3) is 0.281. The van der Waals surface area contributed by atoms with Crippen molar-refractivity contribution < 1.29 is 19.6 Å². The van der Waals surface area contributed by atoms with Crippen LogP contribution in [-0.2, 0) is 14.4 Å². The number of hydrogen-bond acceptors (Lipinski definition) is 4. The van der Waals surface area contributed by atoms with Gasteiger partial charge in [-0.2, -0.15) is 0 Å². The molecule has 0 bridgehead atoms. The molecule has 0 heterocycles. The van der Waals surface area contributed by atoms with Crippen LogP contribution >= 0.6 is 0 Å². The van der Waals surface area contributed by atoms with Crippen LogP contribution in [0.1, 0.15) is 56.3 Å². The summed E-state index contributed by atoms with van der Waals surface area (Å²) in [7, 11) is 0. The Morgan fingerprint density at radius 1 is 0.769 bits per heavy atom. The van der Waals surface area contributed by atoms with Crippen LogP contribution in [0.3, 0.4) is 0 Å². The highest BCUT2D eigenvalue weighted by Crippen LogP contribution is 2.25. The predicted octanol–water partition coefficient (Wildman–Crippen LogP) is 5.04. The second-order valence-electron chi connectivity index (χ2n) is 10.6. The summed E-state index contributed by atoms with van der Waals surface area (Å²) in [5, 5.41) is 15.1. The Kier molecular flexibility index (Phi) is 10.6. The van der Waals surface area contributed by atoms with E-state index in [-0.39, 0.29) is 18.7 Å². The molecule has 0 aliphatic carbocycles. The summed E-state index contributed by atoms with van der Waals surface area (Å²) >= 11 is 0. The van der Waals surface area contributed by atoms with Gasteiger partial charge in [0.1, 0.15) is 6.04 Å². The highest BCUT2D eigenvalue weighted by Gasteiger charge is 2.36. The minimum absolute atomic E-state index is 0.226. The first-order chi connectivity index (χ1) is 18.7. The van der Waals surface area contributed by atoms with Gasteiger partial charge in [0.2, 0.25) is 17.7 Å². The van der Waals surface area contributed by atoms with Gasteiger partial charge >= 0.3 is 0 Å². The van der Waals surface area contributed by atoms with E-state index in [2.05, 4.69) is 10.6 Å². The molecule has 3 rings (SSSR count). The average Bonchev–Trinajstić information content (AvgIpc) is 2.94. The summed E-state index contributed by atoms with van der Waals surface area (Å²) in [6.07, 6.45) is 3.71. The van der Waals surface area contributed by atoms with E-state index in [9.17, 15) is 14.4 Å². The Balaban J connectivity index is 1.81. The van der Waals surface area contributed by atoms with Gasteiger partial charge in [0.25, 0.3) is 0 Å². The Labute approximate surface area is 230 Å². The molecule has 0 fully saturated rings. The molecule has 0 saturated heterocycles. The molecule has 204 valence electrons. The van der Waals surface area contributed by atoms with Crippen molar-refractivity contribution in [3.05, 3.63) is 114 Å². The zero-order valence-corrected chi connectivity index (χ0v) is 22.6. The largest absolute Gasteiger partial charge is 0.344 e. The van der Waals surface area contributed by atoms with Crippen LogP contribution in [0.15, 0.2) is 97.1 Å². The molecule has 0 unspecified atom stereocenters. The summed E-state index contributed by atoms with van der Waals surface area (Å²) in [6, 6.07) is 27.6. The van der Waals surface area contributed by atoms with E-state index in [0.717, 1.165) is 16.7 Å². The van der Waals surface area contributed by atoms with E-state index in [1.54, 1.807) is 5.48 Å². The molecule has 0 spiro atoms. The van der Waals surface area contributed by atoms with Crippen LogP contribution in [0.2, 0.25) is 0 Å². The minimum atomic E-state index is -0.877. The first-order valence-electron chi connectivity index (χ1n) is 13.0. The Bertz CT molecular complexity index is 1200. The number of carbonyl (C=O) groups excluding carboxylic acids is 3. The van der Waals surface area contributed by atoms with Gasteiger partial charge in [0, 0.05) is 6.42 Å². The second-order valence-corrected chi connectivity index (χ2v) is 10.6. The van der Waals surface area contributed by atoms with E-state index in [0.29, 0.717) is 0 Å². The third-order valence-electron chi connectivity index (χ3n) is 6.42. The lowest BCUT2D eigenvalue weighted by Gasteiger charge is -2.33. The summed E-state index contributed by atoms with van der Waals surface area (Å²) in [5.74, 6) is -2.23. The molecule has 3 aromatic carbocycles. The van der Waals surface area contributed by atoms with Gasteiger partial charge in [-0.05, 0) is 28.5 Å². The highest BCUT2D eigenvalue weighted by molar-refractivity contribution is 5.91. The van der Waals surface area contributed by atoms with E-state index in [1.165, 1.54) is 0 Å². The van der Waals surface area contributed by atoms with Gasteiger partial charge in [0.05, 0.1) is 12.0 Å². The third-order valence-corrected chi connectivity index (χ3v) is 6.42. The Hall–Kier alpha value is -4.23. The summed E-state index contributed by atoms with van der Waals surface area (Å²) in [5.41, 5.74) is 3.77. The fourth-order valence-electron chi connectivity index (χ4n) is 4.30. The SMILES string of the molecule is CC(C)(C)[C@H](NC(=O)[C@H](C/C=C/c1ccccc1)CC(=O)NO)C(=O)NC(c1ccccc1)c1ccccc1. The van der Waals surface area contributed by atoms with Crippen LogP contribution in [0, 0.1) is 11.3 Å². The number of hydroxylamine groups is 1. The first kappa shape index (κ1) is 29.3. The van der Waals surface area contributed by atoms with Gasteiger partial charge in [-0.1, -0.05) is 124 Å². The molecule has 0 aliphatic heterocycles. The third kappa shape index (κ3) is 8.93. The van der Waals surface area contributed by atoms with Crippen molar-refractivity contribution in [2.24, 2.45) is 11.3 Å². The summed E-state index contributed by atoms with van der Waals surface area (Å²) < 4.78 is 0. The van der Waals surface area contributed by atoms with E-state index in [1.807, 2.05) is 124 Å². The highest BCUT2D eigenvalue weighted by atomic mass is 16.5. The second kappa shape index (κ2) is 14.1. The van der Waals surface area contributed by atoms with Crippen molar-refractivity contribution in [3.63, 3.8) is 0 Å². The fourth-order valence-corrected chi connectivity index (χ4v) is 4.30. The molecular weight excluding hydrogens is 490 g/mol. The maximum Gasteiger partial charge on any atom is 0.244 e. The van der Waals surface area contributed by atoms with Crippen molar-refractivity contribution in [3.8, 4) is 0 Å². The van der Waals surface area contributed by atoms with Gasteiger partial charge in [-0.3, -0.25) is 19.6 Å². The lowest BCUT2D eigenvalue weighted by atomic mass is 9.84.